The highest BCUT2D eigenvalue weighted by Gasteiger charge is 2.54. The second-order valence-corrected chi connectivity index (χ2v) is 4.83. The topological polar surface area (TPSA) is 46.7 Å². The first-order valence-electron chi connectivity index (χ1n) is 2.60. The Kier molecular flexibility index (Phi) is 1.49. The van der Waals surface area contributed by atoms with Crippen molar-refractivity contribution in [1.82, 2.24) is 0 Å². The van der Waals surface area contributed by atoms with Crippen molar-refractivity contribution in [2.75, 3.05) is 6.61 Å². The summed E-state index contributed by atoms with van der Waals surface area (Å²) in [7, 11) is 1.54. The molecule has 0 aromatic rings. The summed E-state index contributed by atoms with van der Waals surface area (Å²) < 4.78 is 25.9. The predicted molar refractivity (Wildman–Crippen MR) is 33.7 cm³/mol. The van der Waals surface area contributed by atoms with Crippen LogP contribution in [0.2, 0.25) is 0 Å². The van der Waals surface area contributed by atoms with Crippen LogP contribution in [0.4, 0.5) is 0 Å². The molecule has 54 valence electrons. The molecule has 3 nitrogen and oxygen atoms in total. The number of halogens is 1. The van der Waals surface area contributed by atoms with E-state index in [1.807, 2.05) is 0 Å². The Balaban J connectivity index is 2.85. The third-order valence-corrected chi connectivity index (χ3v) is 3.71. The van der Waals surface area contributed by atoms with Crippen LogP contribution < -0.4 is 0 Å². The zero-order valence-corrected chi connectivity index (χ0v) is 6.50. The smallest absolute Gasteiger partial charge is 0.264 e. The van der Waals surface area contributed by atoms with Gasteiger partial charge in [-0.3, -0.25) is 0 Å². The molecule has 1 atom stereocenters. The van der Waals surface area contributed by atoms with Gasteiger partial charge in [-0.25, -0.2) is 8.42 Å². The SMILES string of the molecule is CCC1(S(=O)(=O)Cl)CO1. The third-order valence-electron chi connectivity index (χ3n) is 1.45. The van der Waals surface area contributed by atoms with Gasteiger partial charge in [-0.05, 0) is 6.42 Å². The Morgan fingerprint density at radius 1 is 1.78 bits per heavy atom. The maximum atomic E-state index is 10.6. The van der Waals surface area contributed by atoms with Crippen LogP contribution in [0, 0.1) is 0 Å². The van der Waals surface area contributed by atoms with Crippen molar-refractivity contribution in [1.29, 1.82) is 0 Å². The molecule has 0 saturated carbocycles. The lowest BCUT2D eigenvalue weighted by molar-refractivity contribution is 0.365. The van der Waals surface area contributed by atoms with Gasteiger partial charge < -0.3 is 4.74 Å². The summed E-state index contributed by atoms with van der Waals surface area (Å²) in [6.07, 6.45) is 0.429. The van der Waals surface area contributed by atoms with E-state index < -0.39 is 14.0 Å². The fourth-order valence-corrected chi connectivity index (χ4v) is 1.88. The highest BCUT2D eigenvalue weighted by molar-refractivity contribution is 8.14. The van der Waals surface area contributed by atoms with Crippen molar-refractivity contribution >= 4 is 19.7 Å². The molecule has 0 aromatic carbocycles. The fraction of sp³-hybridized carbons (Fsp3) is 1.00. The van der Waals surface area contributed by atoms with E-state index in [0.29, 0.717) is 6.42 Å². The number of hydrogen-bond donors (Lipinski definition) is 0. The minimum atomic E-state index is -3.49. The summed E-state index contributed by atoms with van der Waals surface area (Å²) in [6, 6.07) is 0. The van der Waals surface area contributed by atoms with Crippen molar-refractivity contribution < 1.29 is 13.2 Å². The first kappa shape index (κ1) is 7.31. The molecule has 0 amide bonds. The summed E-state index contributed by atoms with van der Waals surface area (Å²) >= 11 is 0. The summed E-state index contributed by atoms with van der Waals surface area (Å²) in [5.74, 6) is 0. The molecule has 1 fully saturated rings. The lowest BCUT2D eigenvalue weighted by atomic mass is 10.4. The van der Waals surface area contributed by atoms with E-state index in [1.54, 1.807) is 6.92 Å². The lowest BCUT2D eigenvalue weighted by Gasteiger charge is -2.00. The summed E-state index contributed by atoms with van der Waals surface area (Å²) in [5.41, 5.74) is 0. The Morgan fingerprint density at radius 2 is 2.22 bits per heavy atom. The monoisotopic (exact) mass is 170 g/mol. The van der Waals surface area contributed by atoms with Crippen molar-refractivity contribution in [2.45, 2.75) is 18.3 Å². The van der Waals surface area contributed by atoms with E-state index in [2.05, 4.69) is 4.74 Å². The molecule has 1 saturated heterocycles. The molecule has 1 aliphatic rings. The normalized spacial score (nSPS) is 34.4. The van der Waals surface area contributed by atoms with Gasteiger partial charge in [0.25, 0.3) is 9.05 Å². The number of rotatable bonds is 2. The first-order chi connectivity index (χ1) is 4.02. The van der Waals surface area contributed by atoms with Gasteiger partial charge >= 0.3 is 0 Å². The van der Waals surface area contributed by atoms with Crippen molar-refractivity contribution in [3.63, 3.8) is 0 Å². The van der Waals surface area contributed by atoms with Crippen molar-refractivity contribution in [3.8, 4) is 0 Å². The van der Waals surface area contributed by atoms with Crippen LogP contribution in [0.15, 0.2) is 0 Å². The molecule has 0 aromatic heterocycles. The summed E-state index contributed by atoms with van der Waals surface area (Å²) in [6.45, 7) is 1.97. The third kappa shape index (κ3) is 1.07. The number of epoxide rings is 1. The molecular weight excluding hydrogens is 164 g/mol. The molecule has 1 aliphatic heterocycles. The number of hydrogen-bond acceptors (Lipinski definition) is 3. The summed E-state index contributed by atoms with van der Waals surface area (Å²) in [5, 5.41) is 0. The van der Waals surface area contributed by atoms with Gasteiger partial charge in [0.1, 0.15) is 0 Å². The zero-order chi connectivity index (χ0) is 7.12. The lowest BCUT2D eigenvalue weighted by Crippen LogP contribution is -2.17. The van der Waals surface area contributed by atoms with Crippen LogP contribution in [0.1, 0.15) is 13.3 Å². The molecule has 9 heavy (non-hydrogen) atoms. The molecule has 0 aliphatic carbocycles. The second-order valence-electron chi connectivity index (χ2n) is 1.99. The molecule has 0 spiro atoms. The van der Waals surface area contributed by atoms with Gasteiger partial charge in [0, 0.05) is 10.7 Å². The van der Waals surface area contributed by atoms with Gasteiger partial charge in [-0.2, -0.15) is 0 Å². The van der Waals surface area contributed by atoms with E-state index in [4.69, 9.17) is 10.7 Å². The van der Waals surface area contributed by atoms with Gasteiger partial charge in [0.2, 0.25) is 4.93 Å². The quantitative estimate of drug-likeness (QED) is 0.453. The Bertz CT molecular complexity index is 204. The Morgan fingerprint density at radius 3 is 2.22 bits per heavy atom. The molecule has 1 unspecified atom stereocenters. The zero-order valence-electron chi connectivity index (χ0n) is 4.93. The maximum absolute atomic E-state index is 10.6. The fourth-order valence-electron chi connectivity index (χ4n) is 0.598. The highest BCUT2D eigenvalue weighted by Crippen LogP contribution is 2.38. The Hall–Kier alpha value is 0.200. The summed E-state index contributed by atoms with van der Waals surface area (Å²) in [4.78, 5) is -1.03. The van der Waals surface area contributed by atoms with Gasteiger partial charge in [0.15, 0.2) is 0 Å². The van der Waals surface area contributed by atoms with Gasteiger partial charge in [-0.15, -0.1) is 0 Å². The molecule has 1 heterocycles. The standard InChI is InChI=1S/C4H7ClO3S/c1-2-4(3-8-4)9(5,6)7/h2-3H2,1H3. The highest BCUT2D eigenvalue weighted by atomic mass is 35.7. The van der Waals surface area contributed by atoms with Crippen LogP contribution in [-0.4, -0.2) is 20.0 Å². The average molecular weight is 171 g/mol. The van der Waals surface area contributed by atoms with E-state index in [1.165, 1.54) is 0 Å². The molecule has 0 N–H and O–H groups in total. The van der Waals surface area contributed by atoms with E-state index in [0.717, 1.165) is 0 Å². The average Bonchev–Trinajstić information content (AvgIpc) is 2.40. The van der Waals surface area contributed by atoms with Crippen LogP contribution in [-0.2, 0) is 13.8 Å². The first-order valence-corrected chi connectivity index (χ1v) is 4.91. The van der Waals surface area contributed by atoms with Crippen LogP contribution in [0.5, 0.6) is 0 Å². The Labute approximate surface area is 58.4 Å². The van der Waals surface area contributed by atoms with E-state index >= 15 is 0 Å². The van der Waals surface area contributed by atoms with Gasteiger partial charge in [-0.1, -0.05) is 6.92 Å². The number of ether oxygens (including phenoxy) is 1. The predicted octanol–water partition coefficient (Wildman–Crippen LogP) is 0.692. The maximum Gasteiger partial charge on any atom is 0.264 e. The molecule has 5 heteroatoms. The van der Waals surface area contributed by atoms with Crippen molar-refractivity contribution in [3.05, 3.63) is 0 Å². The van der Waals surface area contributed by atoms with Crippen LogP contribution in [0.25, 0.3) is 0 Å². The largest absolute Gasteiger partial charge is 0.351 e. The molecule has 0 radical (unpaired) electrons. The molecule has 1 rings (SSSR count). The van der Waals surface area contributed by atoms with Crippen LogP contribution in [0.3, 0.4) is 0 Å². The van der Waals surface area contributed by atoms with Gasteiger partial charge in [0.05, 0.1) is 6.61 Å². The minimum Gasteiger partial charge on any atom is -0.351 e. The van der Waals surface area contributed by atoms with Crippen LogP contribution >= 0.6 is 10.7 Å². The second kappa shape index (κ2) is 1.84. The molecule has 0 bridgehead atoms. The minimum absolute atomic E-state index is 0.245. The van der Waals surface area contributed by atoms with E-state index in [9.17, 15) is 8.42 Å². The van der Waals surface area contributed by atoms with E-state index in [-0.39, 0.29) is 6.61 Å². The molecular formula is C4H7ClO3S. The van der Waals surface area contributed by atoms with Crippen molar-refractivity contribution in [2.24, 2.45) is 0 Å².